The second kappa shape index (κ2) is 8.99. The number of nitrogens with zero attached hydrogens (tertiary/aromatic N) is 2. The highest BCUT2D eigenvalue weighted by atomic mass is 79.9. The van der Waals surface area contributed by atoms with Crippen LogP contribution in [0.3, 0.4) is 0 Å². The minimum atomic E-state index is 0. The largest absolute Gasteiger partial charge is 0.396 e. The lowest BCUT2D eigenvalue weighted by Crippen LogP contribution is -2.15. The van der Waals surface area contributed by atoms with Crippen LogP contribution < -0.4 is 5.32 Å². The second-order valence-electron chi connectivity index (χ2n) is 6.46. The van der Waals surface area contributed by atoms with E-state index in [1.807, 2.05) is 71.3 Å². The number of carbonyl (C=O) groups is 1. The normalized spacial score (nSPS) is 10.8. The molecule has 0 saturated heterocycles. The van der Waals surface area contributed by atoms with E-state index in [1.54, 1.807) is 0 Å². The van der Waals surface area contributed by atoms with Crippen molar-refractivity contribution in [2.24, 2.45) is 0 Å². The summed E-state index contributed by atoms with van der Waals surface area (Å²) in [6.45, 7) is 0.917. The highest BCUT2D eigenvalue weighted by Gasteiger charge is 2.16. The first kappa shape index (κ1) is 20.0. The zero-order chi connectivity index (χ0) is 18.6. The van der Waals surface area contributed by atoms with Crippen molar-refractivity contribution in [3.63, 3.8) is 0 Å². The summed E-state index contributed by atoms with van der Waals surface area (Å²) in [4.78, 5) is 17.7. The Bertz CT molecular complexity index is 1100. The summed E-state index contributed by atoms with van der Waals surface area (Å²) >= 11 is 0. The van der Waals surface area contributed by atoms with E-state index in [-0.39, 0.29) is 35.9 Å². The fourth-order valence-corrected chi connectivity index (χ4v) is 3.35. The minimum Gasteiger partial charge on any atom is -0.396 e. The van der Waals surface area contributed by atoms with Crippen LogP contribution in [0, 0.1) is 0 Å². The van der Waals surface area contributed by atoms with Crippen molar-refractivity contribution in [2.75, 3.05) is 18.5 Å². The van der Waals surface area contributed by atoms with Gasteiger partial charge in [0, 0.05) is 18.7 Å². The summed E-state index contributed by atoms with van der Waals surface area (Å²) in [6, 6.07) is 21.5. The van der Waals surface area contributed by atoms with Gasteiger partial charge in [-0.15, -0.1) is 17.0 Å². The Morgan fingerprint density at radius 2 is 1.75 bits per heavy atom. The molecule has 2 N–H and O–H groups in total. The van der Waals surface area contributed by atoms with Gasteiger partial charge in [0.05, 0.1) is 17.6 Å². The van der Waals surface area contributed by atoms with Gasteiger partial charge in [0.15, 0.2) is 5.78 Å². The fourth-order valence-electron chi connectivity index (χ4n) is 3.35. The molecule has 0 aliphatic rings. The van der Waals surface area contributed by atoms with E-state index in [9.17, 15) is 4.79 Å². The van der Waals surface area contributed by atoms with Crippen molar-refractivity contribution in [2.45, 2.75) is 13.0 Å². The highest BCUT2D eigenvalue weighted by Crippen LogP contribution is 2.23. The first-order valence-corrected chi connectivity index (χ1v) is 9.09. The molecule has 3 aromatic carbocycles. The van der Waals surface area contributed by atoms with E-state index in [4.69, 9.17) is 5.11 Å². The summed E-state index contributed by atoms with van der Waals surface area (Å²) in [6.07, 6.45) is 0.625. The van der Waals surface area contributed by atoms with Gasteiger partial charge in [-0.2, -0.15) is 0 Å². The first-order valence-electron chi connectivity index (χ1n) is 9.09. The number of benzene rings is 3. The number of rotatable bonds is 7. The third-order valence-corrected chi connectivity index (χ3v) is 4.66. The topological polar surface area (TPSA) is 67.2 Å². The number of aliphatic hydroxyl groups is 1. The van der Waals surface area contributed by atoms with Gasteiger partial charge in [-0.05, 0) is 29.3 Å². The maximum atomic E-state index is 13.1. The third kappa shape index (κ3) is 3.93. The lowest BCUT2D eigenvalue weighted by Gasteiger charge is -2.11. The molecule has 0 spiro atoms. The molecule has 4 aromatic rings. The lowest BCUT2D eigenvalue weighted by molar-refractivity contribution is 0.0975. The van der Waals surface area contributed by atoms with Crippen molar-refractivity contribution in [3.8, 4) is 0 Å². The molecule has 0 radical (unpaired) electrons. The van der Waals surface area contributed by atoms with Gasteiger partial charge in [0.2, 0.25) is 5.95 Å². The van der Waals surface area contributed by atoms with E-state index < -0.39 is 0 Å². The van der Waals surface area contributed by atoms with E-state index in [1.165, 1.54) is 0 Å². The number of para-hydroxylation sites is 2. The van der Waals surface area contributed by atoms with Crippen LogP contribution in [0.15, 0.2) is 66.7 Å². The van der Waals surface area contributed by atoms with Crippen molar-refractivity contribution in [3.05, 3.63) is 72.3 Å². The Balaban J connectivity index is 0.00000225. The third-order valence-electron chi connectivity index (χ3n) is 4.66. The molecule has 6 heteroatoms. The highest BCUT2D eigenvalue weighted by molar-refractivity contribution is 8.93. The molecule has 0 fully saturated rings. The molecule has 0 aliphatic heterocycles. The number of imidazole rings is 1. The molecule has 0 saturated carbocycles. The molecular weight excluding hydrogens is 418 g/mol. The van der Waals surface area contributed by atoms with E-state index in [2.05, 4.69) is 10.3 Å². The van der Waals surface area contributed by atoms with Crippen LogP contribution in [-0.2, 0) is 6.54 Å². The number of hydrogen-bond acceptors (Lipinski definition) is 4. The fraction of sp³-hybridized carbons (Fsp3) is 0.182. The number of hydrogen-bond donors (Lipinski definition) is 2. The molecule has 0 unspecified atom stereocenters. The lowest BCUT2D eigenvalue weighted by atomic mass is 10.0. The van der Waals surface area contributed by atoms with Crippen molar-refractivity contribution >= 4 is 50.5 Å². The van der Waals surface area contributed by atoms with Crippen molar-refractivity contribution < 1.29 is 9.90 Å². The number of ketones is 1. The zero-order valence-corrected chi connectivity index (χ0v) is 17.1. The zero-order valence-electron chi connectivity index (χ0n) is 15.3. The summed E-state index contributed by atoms with van der Waals surface area (Å²) in [5.41, 5.74) is 2.47. The number of Topliss-reactive ketones (excluding diaryl/α,β-unsaturated/α-hetero) is 1. The van der Waals surface area contributed by atoms with Crippen molar-refractivity contribution in [1.82, 2.24) is 9.55 Å². The van der Waals surface area contributed by atoms with Crippen LogP contribution in [0.25, 0.3) is 21.8 Å². The van der Waals surface area contributed by atoms with Gasteiger partial charge in [0.1, 0.15) is 0 Å². The number of halogens is 1. The van der Waals surface area contributed by atoms with Gasteiger partial charge in [-0.25, -0.2) is 4.98 Å². The number of aromatic nitrogens is 2. The Morgan fingerprint density at radius 1 is 1.00 bits per heavy atom. The summed E-state index contributed by atoms with van der Waals surface area (Å²) in [5.74, 6) is 0.693. The van der Waals surface area contributed by atoms with Gasteiger partial charge >= 0.3 is 0 Å². The summed E-state index contributed by atoms with van der Waals surface area (Å²) in [7, 11) is 0. The quantitative estimate of drug-likeness (QED) is 0.329. The first-order chi connectivity index (χ1) is 13.3. The number of carbonyl (C=O) groups excluding carboxylic acids is 1. The standard InChI is InChI=1S/C22H21N3O2.BrH/c26-14-6-13-23-22-24-19-11-3-4-12-20(19)25(22)15-21(27)18-10-5-8-16-7-1-2-9-17(16)18;/h1-5,7-12,26H,6,13-15H2,(H,23,24);1H. The average molecular weight is 440 g/mol. The maximum absolute atomic E-state index is 13.1. The Hall–Kier alpha value is -2.70. The smallest absolute Gasteiger partial charge is 0.204 e. The minimum absolute atomic E-state index is 0. The summed E-state index contributed by atoms with van der Waals surface area (Å²) < 4.78 is 1.91. The van der Waals surface area contributed by atoms with E-state index >= 15 is 0 Å². The Labute approximate surface area is 173 Å². The molecule has 0 atom stereocenters. The predicted octanol–water partition coefficient (Wildman–Crippen LogP) is 4.44. The molecule has 0 bridgehead atoms. The SMILES string of the molecule is Br.O=C(Cn1c(NCCCO)nc2ccccc21)c1cccc2ccccc12. The molecule has 5 nitrogen and oxygen atoms in total. The maximum Gasteiger partial charge on any atom is 0.204 e. The molecule has 4 rings (SSSR count). The van der Waals surface area contributed by atoms with Gasteiger partial charge in [0.25, 0.3) is 0 Å². The number of fused-ring (bicyclic) bond motifs is 2. The van der Waals surface area contributed by atoms with Crippen LogP contribution in [0.1, 0.15) is 16.8 Å². The van der Waals surface area contributed by atoms with Crippen LogP contribution in [-0.4, -0.2) is 33.6 Å². The summed E-state index contributed by atoms with van der Waals surface area (Å²) in [5, 5.41) is 14.3. The average Bonchev–Trinajstić information content (AvgIpc) is 3.05. The Kier molecular flexibility index (Phi) is 6.44. The molecule has 0 amide bonds. The van der Waals surface area contributed by atoms with Crippen LogP contribution in [0.2, 0.25) is 0 Å². The molecule has 144 valence electrons. The van der Waals surface area contributed by atoms with Gasteiger partial charge < -0.3 is 15.0 Å². The number of nitrogens with one attached hydrogen (secondary N) is 1. The Morgan fingerprint density at radius 3 is 2.61 bits per heavy atom. The van der Waals surface area contributed by atoms with Crippen LogP contribution >= 0.6 is 17.0 Å². The second-order valence-corrected chi connectivity index (χ2v) is 6.46. The monoisotopic (exact) mass is 439 g/mol. The molecule has 1 heterocycles. The van der Waals surface area contributed by atoms with Gasteiger partial charge in [-0.3, -0.25) is 4.79 Å². The van der Waals surface area contributed by atoms with E-state index in [0.29, 0.717) is 24.5 Å². The molecular formula is C22H22BrN3O2. The van der Waals surface area contributed by atoms with E-state index in [0.717, 1.165) is 21.8 Å². The number of anilines is 1. The molecule has 1 aromatic heterocycles. The van der Waals surface area contributed by atoms with Crippen molar-refractivity contribution in [1.29, 1.82) is 0 Å². The number of aliphatic hydroxyl groups excluding tert-OH is 1. The predicted molar refractivity (Wildman–Crippen MR) is 119 cm³/mol. The van der Waals surface area contributed by atoms with Crippen LogP contribution in [0.4, 0.5) is 5.95 Å². The molecule has 28 heavy (non-hydrogen) atoms. The van der Waals surface area contributed by atoms with Gasteiger partial charge in [-0.1, -0.05) is 54.6 Å². The molecule has 0 aliphatic carbocycles. The van der Waals surface area contributed by atoms with Crippen LogP contribution in [0.5, 0.6) is 0 Å².